The van der Waals surface area contributed by atoms with Gasteiger partial charge in [-0.1, -0.05) is 0 Å². The topological polar surface area (TPSA) is 113 Å². The number of nitrogens with one attached hydrogen (secondary N) is 2. The molecule has 2 amide bonds. The molecule has 5 rings (SSSR count). The molecule has 1 aliphatic rings. The van der Waals surface area contributed by atoms with Crippen molar-refractivity contribution in [3.8, 4) is 5.75 Å². The monoisotopic (exact) mass is 482 g/mol. The van der Waals surface area contributed by atoms with Crippen LogP contribution >= 0.6 is 0 Å². The van der Waals surface area contributed by atoms with Gasteiger partial charge < -0.3 is 15.0 Å². The molecule has 35 heavy (non-hydrogen) atoms. The Hall–Kier alpha value is -4.48. The van der Waals surface area contributed by atoms with Crippen molar-refractivity contribution < 1.29 is 27.5 Å². The highest BCUT2D eigenvalue weighted by molar-refractivity contribution is 6.09. The third-order valence-corrected chi connectivity index (χ3v) is 5.61. The summed E-state index contributed by atoms with van der Waals surface area (Å²) >= 11 is 0. The van der Waals surface area contributed by atoms with E-state index in [4.69, 9.17) is 4.74 Å². The number of carbonyl (C=O) groups is 2. The average Bonchev–Trinajstić information content (AvgIpc) is 3.27. The summed E-state index contributed by atoms with van der Waals surface area (Å²) in [6.07, 6.45) is 2.89. The number of benzene rings is 2. The maximum Gasteiger partial charge on any atom is 0.291 e. The number of fused-ring (bicyclic) bond motifs is 3. The molecular formula is C23H17F3N6O3. The number of amides is 2. The second-order valence-corrected chi connectivity index (χ2v) is 7.87. The van der Waals surface area contributed by atoms with Crippen LogP contribution in [0.25, 0.3) is 10.8 Å². The molecule has 12 heteroatoms. The van der Waals surface area contributed by atoms with Crippen molar-refractivity contribution in [2.24, 2.45) is 0 Å². The Kier molecular flexibility index (Phi) is 5.55. The van der Waals surface area contributed by atoms with Crippen LogP contribution in [0.3, 0.4) is 0 Å². The van der Waals surface area contributed by atoms with Crippen molar-refractivity contribution >= 4 is 28.3 Å². The van der Waals surface area contributed by atoms with Crippen LogP contribution in [0, 0.1) is 17.5 Å². The zero-order chi connectivity index (χ0) is 24.7. The number of likely N-dealkylation sites (N-methyl/N-ethyl adjacent to an activating group) is 1. The molecule has 1 atom stereocenters. The predicted octanol–water partition coefficient (Wildman–Crippen LogP) is 2.51. The largest absolute Gasteiger partial charge is 0.489 e. The van der Waals surface area contributed by atoms with E-state index in [2.05, 4.69) is 25.5 Å². The maximum absolute atomic E-state index is 13.9. The van der Waals surface area contributed by atoms with E-state index in [1.54, 1.807) is 31.6 Å². The van der Waals surface area contributed by atoms with E-state index in [0.717, 1.165) is 10.8 Å². The number of nitrogens with zero attached hydrogens (tertiary/aromatic N) is 4. The van der Waals surface area contributed by atoms with E-state index in [9.17, 15) is 22.8 Å². The molecule has 2 aromatic carbocycles. The van der Waals surface area contributed by atoms with Gasteiger partial charge in [-0.2, -0.15) is 0 Å². The minimum atomic E-state index is -1.09. The number of aromatic nitrogens is 4. The minimum absolute atomic E-state index is 0.0207. The summed E-state index contributed by atoms with van der Waals surface area (Å²) in [5.74, 6) is -4.32. The van der Waals surface area contributed by atoms with Crippen LogP contribution in [0.4, 0.5) is 18.9 Å². The molecular weight excluding hydrogens is 465 g/mol. The Morgan fingerprint density at radius 1 is 1.23 bits per heavy atom. The fraction of sp³-hybridized carbons (Fsp3) is 0.174. The third-order valence-electron chi connectivity index (χ3n) is 5.61. The number of anilines is 1. The zero-order valence-electron chi connectivity index (χ0n) is 18.2. The Balaban J connectivity index is 1.33. The SMILES string of the molecule is CN1C(=O)[C@@H](NC(=O)c2n[nH]c(Cc3c(F)cc(F)cc3F)n2)COc2ccc3cnccc3c21. The summed E-state index contributed by atoms with van der Waals surface area (Å²) in [7, 11) is 1.57. The van der Waals surface area contributed by atoms with Gasteiger partial charge in [0.05, 0.1) is 5.69 Å². The summed E-state index contributed by atoms with van der Waals surface area (Å²) in [5.41, 5.74) is 0.124. The van der Waals surface area contributed by atoms with Crippen LogP contribution in [-0.4, -0.2) is 51.7 Å². The van der Waals surface area contributed by atoms with Gasteiger partial charge in [0, 0.05) is 54.3 Å². The van der Waals surface area contributed by atoms with Gasteiger partial charge in [0.2, 0.25) is 5.82 Å². The van der Waals surface area contributed by atoms with Crippen LogP contribution < -0.4 is 15.0 Å². The molecule has 1 aliphatic heterocycles. The van der Waals surface area contributed by atoms with Crippen molar-refractivity contribution in [3.05, 3.63) is 77.4 Å². The highest BCUT2D eigenvalue weighted by atomic mass is 19.1. The number of H-pyrrole nitrogens is 1. The number of rotatable bonds is 4. The molecule has 0 radical (unpaired) electrons. The maximum atomic E-state index is 13.9. The predicted molar refractivity (Wildman–Crippen MR) is 117 cm³/mol. The Morgan fingerprint density at radius 3 is 2.77 bits per heavy atom. The van der Waals surface area contributed by atoms with E-state index in [1.807, 2.05) is 6.07 Å². The van der Waals surface area contributed by atoms with Gasteiger partial charge in [-0.3, -0.25) is 19.7 Å². The van der Waals surface area contributed by atoms with Gasteiger partial charge in [0.25, 0.3) is 11.8 Å². The van der Waals surface area contributed by atoms with Crippen LogP contribution in [0.2, 0.25) is 0 Å². The standard InChI is InChI=1S/C23H17F3N6O3/c1-32-20-13-4-5-27-9-11(13)2-3-18(20)35-10-17(23(32)34)28-22(33)21-29-19(30-31-21)8-14-15(25)6-12(24)7-16(14)26/h2-7,9,17H,8,10H2,1H3,(H,28,33)(H,29,30,31)/t17-/m0/s1. The smallest absolute Gasteiger partial charge is 0.291 e. The second kappa shape index (κ2) is 8.70. The molecule has 0 spiro atoms. The van der Waals surface area contributed by atoms with E-state index >= 15 is 0 Å². The summed E-state index contributed by atoms with van der Waals surface area (Å²) in [6.45, 7) is -0.137. The molecule has 0 bridgehead atoms. The minimum Gasteiger partial charge on any atom is -0.489 e. The van der Waals surface area contributed by atoms with Crippen LogP contribution in [0.1, 0.15) is 22.0 Å². The lowest BCUT2D eigenvalue weighted by molar-refractivity contribution is -0.120. The van der Waals surface area contributed by atoms with Gasteiger partial charge in [0.15, 0.2) is 0 Å². The number of ether oxygens (including phenoxy) is 1. The molecule has 178 valence electrons. The van der Waals surface area contributed by atoms with Crippen LogP contribution in [0.5, 0.6) is 5.75 Å². The molecule has 0 saturated carbocycles. The zero-order valence-corrected chi connectivity index (χ0v) is 18.2. The summed E-state index contributed by atoms with van der Waals surface area (Å²) < 4.78 is 46.8. The summed E-state index contributed by atoms with van der Waals surface area (Å²) in [6, 6.07) is 5.36. The highest BCUT2D eigenvalue weighted by Crippen LogP contribution is 2.37. The Bertz CT molecular complexity index is 1450. The van der Waals surface area contributed by atoms with E-state index in [1.165, 1.54) is 4.90 Å². The molecule has 4 aromatic rings. The molecule has 2 aromatic heterocycles. The van der Waals surface area contributed by atoms with Gasteiger partial charge in [0.1, 0.15) is 41.7 Å². The molecule has 2 N–H and O–H groups in total. The highest BCUT2D eigenvalue weighted by Gasteiger charge is 2.32. The second-order valence-electron chi connectivity index (χ2n) is 7.87. The Labute approximate surface area is 195 Å². The fourth-order valence-corrected chi connectivity index (χ4v) is 3.89. The molecule has 0 saturated heterocycles. The number of carbonyl (C=O) groups excluding carboxylic acids is 2. The first-order valence-electron chi connectivity index (χ1n) is 10.4. The lowest BCUT2D eigenvalue weighted by atomic mass is 10.1. The van der Waals surface area contributed by atoms with Crippen LogP contribution in [0.15, 0.2) is 42.7 Å². The molecule has 0 fully saturated rings. The van der Waals surface area contributed by atoms with Crippen molar-refractivity contribution in [1.82, 2.24) is 25.5 Å². The Morgan fingerprint density at radius 2 is 2.00 bits per heavy atom. The van der Waals surface area contributed by atoms with Crippen LogP contribution in [-0.2, 0) is 11.2 Å². The molecule has 0 unspecified atom stereocenters. The summed E-state index contributed by atoms with van der Waals surface area (Å²) in [4.78, 5) is 35.3. The first-order chi connectivity index (χ1) is 16.8. The number of pyridine rings is 1. The fourth-order valence-electron chi connectivity index (χ4n) is 3.89. The van der Waals surface area contributed by atoms with Crippen molar-refractivity contribution in [2.75, 3.05) is 18.6 Å². The lowest BCUT2D eigenvalue weighted by Crippen LogP contribution is -2.49. The van der Waals surface area contributed by atoms with Gasteiger partial charge in [-0.05, 0) is 18.2 Å². The normalized spacial score (nSPS) is 15.5. The van der Waals surface area contributed by atoms with Crippen molar-refractivity contribution in [2.45, 2.75) is 12.5 Å². The molecule has 0 aliphatic carbocycles. The first kappa shape index (κ1) is 22.3. The number of halogens is 3. The average molecular weight is 482 g/mol. The molecule has 3 heterocycles. The van der Waals surface area contributed by atoms with Gasteiger partial charge >= 0.3 is 0 Å². The van der Waals surface area contributed by atoms with E-state index in [0.29, 0.717) is 23.6 Å². The lowest BCUT2D eigenvalue weighted by Gasteiger charge is -2.21. The van der Waals surface area contributed by atoms with Crippen molar-refractivity contribution in [3.63, 3.8) is 0 Å². The number of aromatic amines is 1. The first-order valence-corrected chi connectivity index (χ1v) is 10.4. The quantitative estimate of drug-likeness (QED) is 0.462. The van der Waals surface area contributed by atoms with Crippen molar-refractivity contribution in [1.29, 1.82) is 0 Å². The third kappa shape index (κ3) is 4.14. The van der Waals surface area contributed by atoms with E-state index < -0.39 is 40.9 Å². The molecule has 9 nitrogen and oxygen atoms in total. The van der Waals surface area contributed by atoms with Gasteiger partial charge in [-0.15, -0.1) is 5.10 Å². The number of hydrogen-bond donors (Lipinski definition) is 2. The summed E-state index contributed by atoms with van der Waals surface area (Å²) in [5, 5.41) is 10.3. The number of hydrogen-bond acceptors (Lipinski definition) is 6. The van der Waals surface area contributed by atoms with E-state index in [-0.39, 0.29) is 24.7 Å². The van der Waals surface area contributed by atoms with Gasteiger partial charge in [-0.25, -0.2) is 18.2 Å².